The highest BCUT2D eigenvalue weighted by Crippen LogP contribution is 2.16. The van der Waals surface area contributed by atoms with E-state index in [0.717, 1.165) is 16.4 Å². The Labute approximate surface area is 144 Å². The van der Waals surface area contributed by atoms with Crippen LogP contribution in [0.25, 0.3) is 5.65 Å². The monoisotopic (exact) mass is 344 g/mol. The molecule has 0 aromatic carbocycles. The lowest BCUT2D eigenvalue weighted by molar-refractivity contribution is -0.131. The van der Waals surface area contributed by atoms with Crippen LogP contribution >= 0.6 is 0 Å². The number of urea groups is 1. The first kappa shape index (κ1) is 16.9. The molecule has 1 aliphatic rings. The summed E-state index contributed by atoms with van der Waals surface area (Å²) >= 11 is 0. The van der Waals surface area contributed by atoms with Crippen molar-refractivity contribution < 1.29 is 14.4 Å². The number of likely N-dealkylation sites (N-methyl/N-ethyl adjacent to an activating group) is 2. The number of nitrogens with zero attached hydrogens (tertiary/aromatic N) is 5. The highest BCUT2D eigenvalue weighted by molar-refractivity contribution is 6.05. The van der Waals surface area contributed by atoms with Crippen molar-refractivity contribution in [1.29, 1.82) is 0 Å². The predicted octanol–water partition coefficient (Wildman–Crippen LogP) is 0.0606. The number of amides is 4. The number of rotatable bonds is 6. The van der Waals surface area contributed by atoms with E-state index in [2.05, 4.69) is 15.5 Å². The predicted molar refractivity (Wildman–Crippen MR) is 88.7 cm³/mol. The summed E-state index contributed by atoms with van der Waals surface area (Å²) in [4.78, 5) is 38.0. The number of pyridine rings is 1. The quantitative estimate of drug-likeness (QED) is 0.590. The summed E-state index contributed by atoms with van der Waals surface area (Å²) in [5.74, 6) is 0.236. The molecular weight excluding hydrogens is 324 g/mol. The van der Waals surface area contributed by atoms with Gasteiger partial charge in [0.15, 0.2) is 5.65 Å². The lowest BCUT2D eigenvalue weighted by Crippen LogP contribution is -2.37. The van der Waals surface area contributed by atoms with Gasteiger partial charge in [-0.25, -0.2) is 4.79 Å². The van der Waals surface area contributed by atoms with E-state index in [-0.39, 0.29) is 24.3 Å². The third-order valence-electron chi connectivity index (χ3n) is 4.33. The number of aryl methyl sites for hydroxylation is 1. The SMILES string of the molecule is CN1C(=O)[C@@H](CC(=O)NCCCc2nnc3ccccn23)N(C)C1=O. The average Bonchev–Trinajstić information content (AvgIpc) is 3.10. The van der Waals surface area contributed by atoms with E-state index in [1.807, 2.05) is 28.8 Å². The zero-order valence-electron chi connectivity index (χ0n) is 14.2. The average molecular weight is 344 g/mol. The van der Waals surface area contributed by atoms with E-state index in [1.165, 1.54) is 19.0 Å². The van der Waals surface area contributed by atoms with E-state index >= 15 is 0 Å². The van der Waals surface area contributed by atoms with Gasteiger partial charge in [0.1, 0.15) is 11.9 Å². The Kier molecular flexibility index (Phi) is 4.64. The molecule has 0 radical (unpaired) electrons. The fourth-order valence-electron chi connectivity index (χ4n) is 2.86. The van der Waals surface area contributed by atoms with Crippen LogP contribution in [0.5, 0.6) is 0 Å². The summed E-state index contributed by atoms with van der Waals surface area (Å²) in [5.41, 5.74) is 0.790. The highest BCUT2D eigenvalue weighted by Gasteiger charge is 2.41. The van der Waals surface area contributed by atoms with Crippen LogP contribution in [0.3, 0.4) is 0 Å². The number of carbonyl (C=O) groups excluding carboxylic acids is 3. The van der Waals surface area contributed by atoms with Crippen molar-refractivity contribution in [2.75, 3.05) is 20.6 Å². The van der Waals surface area contributed by atoms with Gasteiger partial charge in [-0.1, -0.05) is 6.07 Å². The maximum Gasteiger partial charge on any atom is 0.326 e. The molecule has 0 aliphatic carbocycles. The molecule has 9 heteroatoms. The molecule has 25 heavy (non-hydrogen) atoms. The fraction of sp³-hybridized carbons (Fsp3) is 0.438. The molecule has 3 rings (SSSR count). The van der Waals surface area contributed by atoms with Gasteiger partial charge in [-0.2, -0.15) is 0 Å². The Morgan fingerprint density at radius 1 is 1.24 bits per heavy atom. The first-order valence-corrected chi connectivity index (χ1v) is 8.08. The minimum atomic E-state index is -0.724. The molecule has 3 heterocycles. The summed E-state index contributed by atoms with van der Waals surface area (Å²) in [6.07, 6.45) is 3.25. The first-order chi connectivity index (χ1) is 12.0. The van der Waals surface area contributed by atoms with Gasteiger partial charge in [0.2, 0.25) is 5.91 Å². The molecule has 1 saturated heterocycles. The second kappa shape index (κ2) is 6.88. The number of aromatic nitrogens is 3. The molecule has 1 N–H and O–H groups in total. The zero-order chi connectivity index (χ0) is 18.0. The molecule has 1 aliphatic heterocycles. The minimum Gasteiger partial charge on any atom is -0.356 e. The molecule has 1 atom stereocenters. The van der Waals surface area contributed by atoms with Crippen molar-refractivity contribution in [2.24, 2.45) is 0 Å². The summed E-state index contributed by atoms with van der Waals surface area (Å²) < 4.78 is 1.91. The Hall–Kier alpha value is -2.97. The number of hydrogen-bond acceptors (Lipinski definition) is 5. The molecule has 0 saturated carbocycles. The fourth-order valence-corrected chi connectivity index (χ4v) is 2.86. The molecule has 0 bridgehead atoms. The van der Waals surface area contributed by atoms with Gasteiger partial charge in [-0.3, -0.25) is 18.9 Å². The molecule has 4 amide bonds. The summed E-state index contributed by atoms with van der Waals surface area (Å²) in [6.45, 7) is 0.467. The number of nitrogens with one attached hydrogen (secondary N) is 1. The Bertz CT molecular complexity index is 817. The van der Waals surface area contributed by atoms with Gasteiger partial charge in [-0.15, -0.1) is 10.2 Å². The molecule has 2 aromatic rings. The zero-order valence-corrected chi connectivity index (χ0v) is 14.2. The van der Waals surface area contributed by atoms with Crippen LogP contribution in [0.15, 0.2) is 24.4 Å². The smallest absolute Gasteiger partial charge is 0.326 e. The van der Waals surface area contributed by atoms with Crippen LogP contribution in [-0.4, -0.2) is 68.9 Å². The van der Waals surface area contributed by atoms with E-state index in [4.69, 9.17) is 0 Å². The van der Waals surface area contributed by atoms with Crippen LogP contribution in [0.4, 0.5) is 4.79 Å². The van der Waals surface area contributed by atoms with Gasteiger partial charge in [0.05, 0.1) is 6.42 Å². The molecular formula is C16H20N6O3. The van der Waals surface area contributed by atoms with E-state index in [1.54, 1.807) is 0 Å². The summed E-state index contributed by atoms with van der Waals surface area (Å²) in [6, 6.07) is 4.58. The molecule has 0 spiro atoms. The molecule has 0 unspecified atom stereocenters. The van der Waals surface area contributed by atoms with Crippen LogP contribution in [0.1, 0.15) is 18.7 Å². The largest absolute Gasteiger partial charge is 0.356 e. The molecule has 2 aromatic heterocycles. The molecule has 1 fully saturated rings. The van der Waals surface area contributed by atoms with Crippen LogP contribution in [0.2, 0.25) is 0 Å². The van der Waals surface area contributed by atoms with Crippen LogP contribution in [0, 0.1) is 0 Å². The van der Waals surface area contributed by atoms with E-state index in [0.29, 0.717) is 19.4 Å². The van der Waals surface area contributed by atoms with Gasteiger partial charge >= 0.3 is 6.03 Å². The molecule has 9 nitrogen and oxygen atoms in total. The lowest BCUT2D eigenvalue weighted by atomic mass is 10.2. The second-order valence-electron chi connectivity index (χ2n) is 6.01. The number of imide groups is 1. The van der Waals surface area contributed by atoms with Crippen LogP contribution < -0.4 is 5.32 Å². The first-order valence-electron chi connectivity index (χ1n) is 8.08. The Morgan fingerprint density at radius 2 is 2.04 bits per heavy atom. The standard InChI is InChI=1S/C16H20N6O3/c1-20-11(15(24)21(2)16(20)25)10-14(23)17-8-5-7-13-19-18-12-6-3-4-9-22(12)13/h3-4,6,9,11H,5,7-8,10H2,1-2H3,(H,17,23)/t11-/m1/s1. The Balaban J connectivity index is 1.45. The van der Waals surface area contributed by atoms with Gasteiger partial charge < -0.3 is 10.2 Å². The number of fused-ring (bicyclic) bond motifs is 1. The van der Waals surface area contributed by atoms with Crippen molar-refractivity contribution in [1.82, 2.24) is 29.7 Å². The van der Waals surface area contributed by atoms with Crippen molar-refractivity contribution in [3.8, 4) is 0 Å². The topological polar surface area (TPSA) is 99.9 Å². The van der Waals surface area contributed by atoms with Crippen molar-refractivity contribution in [3.05, 3.63) is 30.2 Å². The van der Waals surface area contributed by atoms with Gasteiger partial charge in [0.25, 0.3) is 5.91 Å². The third-order valence-corrected chi connectivity index (χ3v) is 4.33. The Morgan fingerprint density at radius 3 is 2.76 bits per heavy atom. The number of carbonyl (C=O) groups is 3. The summed E-state index contributed by atoms with van der Waals surface area (Å²) in [5, 5.41) is 11.0. The van der Waals surface area contributed by atoms with Crippen molar-refractivity contribution in [3.63, 3.8) is 0 Å². The summed E-state index contributed by atoms with van der Waals surface area (Å²) in [7, 11) is 2.94. The van der Waals surface area contributed by atoms with Crippen molar-refractivity contribution in [2.45, 2.75) is 25.3 Å². The minimum absolute atomic E-state index is 0.0285. The lowest BCUT2D eigenvalue weighted by Gasteiger charge is -2.15. The van der Waals surface area contributed by atoms with Crippen LogP contribution in [-0.2, 0) is 16.0 Å². The molecule has 132 valence electrons. The second-order valence-corrected chi connectivity index (χ2v) is 6.01. The highest BCUT2D eigenvalue weighted by atomic mass is 16.2. The van der Waals surface area contributed by atoms with E-state index < -0.39 is 6.04 Å². The normalized spacial score (nSPS) is 17.6. The maximum absolute atomic E-state index is 12.0. The van der Waals surface area contributed by atoms with Crippen molar-refractivity contribution >= 4 is 23.5 Å². The van der Waals surface area contributed by atoms with Gasteiger partial charge in [-0.05, 0) is 18.6 Å². The maximum atomic E-state index is 12.0. The number of hydrogen-bond donors (Lipinski definition) is 1. The third kappa shape index (κ3) is 3.30. The van der Waals surface area contributed by atoms with Gasteiger partial charge in [0, 0.05) is 33.3 Å². The van der Waals surface area contributed by atoms with E-state index in [9.17, 15) is 14.4 Å².